The fourth-order valence-corrected chi connectivity index (χ4v) is 1.72. The summed E-state index contributed by atoms with van der Waals surface area (Å²) in [6.07, 6.45) is 0. The smallest absolute Gasteiger partial charge is 0.106 e. The predicted molar refractivity (Wildman–Crippen MR) is 69.0 cm³/mol. The molecule has 4 heteroatoms. The maximum Gasteiger partial charge on any atom is 0.106 e. The summed E-state index contributed by atoms with van der Waals surface area (Å²) in [6.45, 7) is 3.01. The Labute approximate surface area is 98.2 Å². The average Bonchev–Trinajstić information content (AvgIpc) is 2.16. The third kappa shape index (κ3) is 2.45. The molecule has 1 aromatic carbocycles. The van der Waals surface area contributed by atoms with Crippen molar-refractivity contribution in [1.29, 1.82) is 0 Å². The number of hydrogen-bond donors (Lipinski definition) is 1. The van der Waals surface area contributed by atoms with Gasteiger partial charge in [-0.1, -0.05) is 28.1 Å². The second kappa shape index (κ2) is 4.75. The molecule has 76 valence electrons. The fourth-order valence-electron chi connectivity index (χ4n) is 1.20. The van der Waals surface area contributed by atoms with Gasteiger partial charge in [-0.2, -0.15) is 0 Å². The fraction of sp³-hybridized carbons (Fsp3) is 0.300. The molecule has 0 aliphatic carbocycles. The Hall–Kier alpha value is -0.610. The van der Waals surface area contributed by atoms with Gasteiger partial charge in [0.1, 0.15) is 4.99 Å². The Kier molecular flexibility index (Phi) is 3.89. The number of rotatable bonds is 3. The van der Waals surface area contributed by atoms with E-state index < -0.39 is 0 Å². The zero-order chi connectivity index (χ0) is 10.7. The quantitative estimate of drug-likeness (QED) is 0.858. The van der Waals surface area contributed by atoms with Crippen molar-refractivity contribution in [2.24, 2.45) is 5.73 Å². The van der Waals surface area contributed by atoms with Crippen LogP contribution in [-0.4, -0.2) is 18.6 Å². The summed E-state index contributed by atoms with van der Waals surface area (Å²) in [4.78, 5) is 2.55. The molecule has 0 aliphatic heterocycles. The normalized spacial score (nSPS) is 9.93. The van der Waals surface area contributed by atoms with Gasteiger partial charge in [-0.15, -0.1) is 0 Å². The van der Waals surface area contributed by atoms with Crippen molar-refractivity contribution in [3.8, 4) is 0 Å². The van der Waals surface area contributed by atoms with Gasteiger partial charge >= 0.3 is 0 Å². The van der Waals surface area contributed by atoms with E-state index in [-0.39, 0.29) is 0 Å². The van der Waals surface area contributed by atoms with Gasteiger partial charge < -0.3 is 10.6 Å². The van der Waals surface area contributed by atoms with Crippen LogP contribution in [0.2, 0.25) is 0 Å². The molecule has 0 bridgehead atoms. The zero-order valence-corrected chi connectivity index (χ0v) is 10.7. The SMILES string of the molecule is CCN(C)c1cc(Br)ccc1C(N)=S. The molecule has 0 heterocycles. The van der Waals surface area contributed by atoms with Crippen molar-refractivity contribution < 1.29 is 0 Å². The van der Waals surface area contributed by atoms with Gasteiger partial charge in [0.25, 0.3) is 0 Å². The molecule has 0 atom stereocenters. The first kappa shape index (κ1) is 11.5. The number of thiocarbonyl (C=S) groups is 1. The molecule has 0 unspecified atom stereocenters. The van der Waals surface area contributed by atoms with Crippen LogP contribution in [0.3, 0.4) is 0 Å². The summed E-state index contributed by atoms with van der Waals surface area (Å²) >= 11 is 8.43. The Bertz CT molecular complexity index is 352. The predicted octanol–water partition coefficient (Wildman–Crippen LogP) is 2.54. The molecule has 0 saturated heterocycles. The average molecular weight is 273 g/mol. The van der Waals surface area contributed by atoms with Gasteiger partial charge in [-0.25, -0.2) is 0 Å². The number of halogens is 1. The van der Waals surface area contributed by atoms with E-state index in [1.54, 1.807) is 0 Å². The second-order valence-corrected chi connectivity index (χ2v) is 4.40. The van der Waals surface area contributed by atoms with Crippen molar-refractivity contribution in [2.75, 3.05) is 18.5 Å². The zero-order valence-electron chi connectivity index (χ0n) is 8.25. The van der Waals surface area contributed by atoms with E-state index in [4.69, 9.17) is 18.0 Å². The Morgan fingerprint density at radius 3 is 2.71 bits per heavy atom. The maximum absolute atomic E-state index is 5.65. The van der Waals surface area contributed by atoms with E-state index in [1.807, 2.05) is 25.2 Å². The van der Waals surface area contributed by atoms with E-state index in [2.05, 4.69) is 27.8 Å². The molecule has 0 saturated carbocycles. The summed E-state index contributed by atoms with van der Waals surface area (Å²) in [6, 6.07) is 5.91. The standard InChI is InChI=1S/C10H13BrN2S/c1-3-13(2)9-6-7(11)4-5-8(9)10(12)14/h4-6H,3H2,1-2H3,(H2,12,14). The Balaban J connectivity index is 3.22. The van der Waals surface area contributed by atoms with Crippen LogP contribution in [0, 0.1) is 0 Å². The van der Waals surface area contributed by atoms with Crippen LogP contribution in [0.15, 0.2) is 22.7 Å². The van der Waals surface area contributed by atoms with Crippen molar-refractivity contribution in [3.05, 3.63) is 28.2 Å². The number of hydrogen-bond acceptors (Lipinski definition) is 2. The van der Waals surface area contributed by atoms with E-state index in [0.29, 0.717) is 4.99 Å². The first-order valence-electron chi connectivity index (χ1n) is 4.36. The molecule has 14 heavy (non-hydrogen) atoms. The molecule has 1 aromatic rings. The van der Waals surface area contributed by atoms with Crippen LogP contribution in [-0.2, 0) is 0 Å². The highest BCUT2D eigenvalue weighted by Gasteiger charge is 2.08. The van der Waals surface area contributed by atoms with Crippen molar-refractivity contribution >= 4 is 38.8 Å². The molecular formula is C10H13BrN2S. The van der Waals surface area contributed by atoms with Crippen LogP contribution in [0.1, 0.15) is 12.5 Å². The largest absolute Gasteiger partial charge is 0.389 e. The minimum Gasteiger partial charge on any atom is -0.389 e. The van der Waals surface area contributed by atoms with Gasteiger partial charge in [0.15, 0.2) is 0 Å². The van der Waals surface area contributed by atoms with Crippen LogP contribution in [0.5, 0.6) is 0 Å². The third-order valence-corrected chi connectivity index (χ3v) is 2.82. The van der Waals surface area contributed by atoms with E-state index in [1.165, 1.54) is 0 Å². The minimum absolute atomic E-state index is 0.438. The summed E-state index contributed by atoms with van der Waals surface area (Å²) in [7, 11) is 2.02. The summed E-state index contributed by atoms with van der Waals surface area (Å²) in [5.41, 5.74) is 7.63. The Morgan fingerprint density at radius 2 is 2.21 bits per heavy atom. The van der Waals surface area contributed by atoms with Crippen molar-refractivity contribution in [3.63, 3.8) is 0 Å². The molecule has 1 rings (SSSR count). The molecule has 2 N–H and O–H groups in total. The van der Waals surface area contributed by atoms with E-state index in [9.17, 15) is 0 Å². The lowest BCUT2D eigenvalue weighted by Gasteiger charge is -2.20. The van der Waals surface area contributed by atoms with Gasteiger partial charge in [-0.3, -0.25) is 0 Å². The monoisotopic (exact) mass is 272 g/mol. The lowest BCUT2D eigenvalue weighted by atomic mass is 10.1. The highest BCUT2D eigenvalue weighted by atomic mass is 79.9. The summed E-state index contributed by atoms with van der Waals surface area (Å²) in [5, 5.41) is 0. The number of benzene rings is 1. The van der Waals surface area contributed by atoms with E-state index >= 15 is 0 Å². The highest BCUT2D eigenvalue weighted by Crippen LogP contribution is 2.24. The number of anilines is 1. The molecule has 0 amide bonds. The molecule has 0 radical (unpaired) electrons. The van der Waals surface area contributed by atoms with Crippen LogP contribution >= 0.6 is 28.1 Å². The van der Waals surface area contributed by atoms with Crippen LogP contribution in [0.4, 0.5) is 5.69 Å². The molecule has 0 aromatic heterocycles. The topological polar surface area (TPSA) is 29.3 Å². The molecule has 2 nitrogen and oxygen atoms in total. The van der Waals surface area contributed by atoms with Crippen molar-refractivity contribution in [2.45, 2.75) is 6.92 Å². The molecule has 0 fully saturated rings. The third-order valence-electron chi connectivity index (χ3n) is 2.11. The van der Waals surface area contributed by atoms with Gasteiger partial charge in [0, 0.05) is 29.3 Å². The van der Waals surface area contributed by atoms with Gasteiger partial charge in [0.05, 0.1) is 0 Å². The molecular weight excluding hydrogens is 260 g/mol. The van der Waals surface area contributed by atoms with Crippen LogP contribution < -0.4 is 10.6 Å². The first-order chi connectivity index (χ1) is 6.56. The number of nitrogens with two attached hydrogens (primary N) is 1. The summed E-state index contributed by atoms with van der Waals surface area (Å²) in [5.74, 6) is 0. The number of nitrogens with zero attached hydrogens (tertiary/aromatic N) is 1. The highest BCUT2D eigenvalue weighted by molar-refractivity contribution is 9.10. The van der Waals surface area contributed by atoms with Crippen molar-refractivity contribution in [1.82, 2.24) is 0 Å². The minimum atomic E-state index is 0.438. The van der Waals surface area contributed by atoms with E-state index in [0.717, 1.165) is 22.3 Å². The lowest BCUT2D eigenvalue weighted by molar-refractivity contribution is 0.966. The van der Waals surface area contributed by atoms with Gasteiger partial charge in [0.2, 0.25) is 0 Å². The first-order valence-corrected chi connectivity index (χ1v) is 5.57. The molecule has 0 spiro atoms. The molecule has 0 aliphatic rings. The summed E-state index contributed by atoms with van der Waals surface area (Å²) < 4.78 is 1.04. The Morgan fingerprint density at radius 1 is 1.57 bits per heavy atom. The van der Waals surface area contributed by atoms with Crippen LogP contribution in [0.25, 0.3) is 0 Å². The lowest BCUT2D eigenvalue weighted by Crippen LogP contribution is -2.21. The maximum atomic E-state index is 5.65. The second-order valence-electron chi connectivity index (χ2n) is 3.04. The van der Waals surface area contributed by atoms with Gasteiger partial charge in [-0.05, 0) is 25.1 Å².